The lowest BCUT2D eigenvalue weighted by atomic mass is 9.96. The Hall–Kier alpha value is -3.19. The van der Waals surface area contributed by atoms with Crippen LogP contribution in [0.3, 0.4) is 0 Å². The van der Waals surface area contributed by atoms with Crippen LogP contribution in [0.2, 0.25) is 0 Å². The van der Waals surface area contributed by atoms with E-state index in [0.29, 0.717) is 42.6 Å². The van der Waals surface area contributed by atoms with E-state index in [0.717, 1.165) is 12.8 Å². The van der Waals surface area contributed by atoms with Gasteiger partial charge >= 0.3 is 0 Å². The van der Waals surface area contributed by atoms with Crippen molar-refractivity contribution in [3.63, 3.8) is 0 Å². The van der Waals surface area contributed by atoms with Crippen LogP contribution in [0.4, 0.5) is 0 Å². The Morgan fingerprint density at radius 1 is 1.28 bits per heavy atom. The molecule has 2 fully saturated rings. The highest BCUT2D eigenvalue weighted by molar-refractivity contribution is 6.46. The Bertz CT molecular complexity index is 1010. The standard InChI is InChI=1S/C25H28N2O5/c1-16(2)15-32-19-8-3-6-17(12-19)23(28)21-22(18-7-4-10-26-13-18)27(25(30)24(21)29)14-20-9-5-11-31-20/h3-4,6-8,10,12-13,16,20,22,28H,5,9,11,14-15H2,1-2H3/b23-21-. The Morgan fingerprint density at radius 3 is 2.81 bits per heavy atom. The Kier molecular flexibility index (Phi) is 6.55. The van der Waals surface area contributed by atoms with Gasteiger partial charge in [0.25, 0.3) is 11.7 Å². The van der Waals surface area contributed by atoms with Crippen LogP contribution in [-0.4, -0.2) is 52.5 Å². The van der Waals surface area contributed by atoms with Crippen molar-refractivity contribution in [3.8, 4) is 5.75 Å². The first kappa shape index (κ1) is 22.0. The van der Waals surface area contributed by atoms with Crippen LogP contribution < -0.4 is 4.74 Å². The summed E-state index contributed by atoms with van der Waals surface area (Å²) in [6.07, 6.45) is 4.88. The van der Waals surface area contributed by atoms with E-state index in [1.54, 1.807) is 42.7 Å². The van der Waals surface area contributed by atoms with Gasteiger partial charge < -0.3 is 19.5 Å². The summed E-state index contributed by atoms with van der Waals surface area (Å²) in [7, 11) is 0. The zero-order valence-corrected chi connectivity index (χ0v) is 18.4. The molecular formula is C25H28N2O5. The van der Waals surface area contributed by atoms with E-state index in [2.05, 4.69) is 4.98 Å². The van der Waals surface area contributed by atoms with Gasteiger partial charge in [-0.25, -0.2) is 0 Å². The van der Waals surface area contributed by atoms with Crippen molar-refractivity contribution in [1.82, 2.24) is 9.88 Å². The predicted octanol–water partition coefficient (Wildman–Crippen LogP) is 3.72. The molecule has 0 radical (unpaired) electrons. The molecule has 7 nitrogen and oxygen atoms in total. The van der Waals surface area contributed by atoms with Gasteiger partial charge in [0.05, 0.1) is 24.3 Å². The molecule has 1 aromatic heterocycles. The summed E-state index contributed by atoms with van der Waals surface area (Å²) in [5, 5.41) is 11.2. The van der Waals surface area contributed by atoms with Crippen molar-refractivity contribution in [1.29, 1.82) is 0 Å². The third-order valence-electron chi connectivity index (χ3n) is 5.66. The minimum absolute atomic E-state index is 0.0574. The summed E-state index contributed by atoms with van der Waals surface area (Å²) in [6.45, 7) is 5.57. The van der Waals surface area contributed by atoms with Crippen LogP contribution in [0.5, 0.6) is 5.75 Å². The normalized spacial score (nSPS) is 22.7. The molecule has 2 atom stereocenters. The SMILES string of the molecule is CC(C)COc1cccc(/C(O)=C2/C(=O)C(=O)N(CC3CCCO3)C2c2cccnc2)c1. The number of benzene rings is 1. The topological polar surface area (TPSA) is 89.0 Å². The van der Waals surface area contributed by atoms with E-state index in [9.17, 15) is 14.7 Å². The smallest absolute Gasteiger partial charge is 0.295 e. The summed E-state index contributed by atoms with van der Waals surface area (Å²) in [5.74, 6) is -0.622. The highest BCUT2D eigenvalue weighted by Gasteiger charge is 2.47. The molecule has 1 aromatic carbocycles. The van der Waals surface area contributed by atoms with Gasteiger partial charge in [0, 0.05) is 31.1 Å². The number of hydrogen-bond donors (Lipinski definition) is 1. The summed E-state index contributed by atoms with van der Waals surface area (Å²) in [6, 6.07) is 9.77. The quantitative estimate of drug-likeness (QED) is 0.404. The van der Waals surface area contributed by atoms with Crippen LogP contribution in [0, 0.1) is 5.92 Å². The Balaban J connectivity index is 1.74. The molecule has 2 unspecified atom stereocenters. The van der Waals surface area contributed by atoms with E-state index in [4.69, 9.17) is 9.47 Å². The van der Waals surface area contributed by atoms with Gasteiger partial charge in [-0.1, -0.05) is 32.0 Å². The van der Waals surface area contributed by atoms with Crippen LogP contribution in [0.15, 0.2) is 54.4 Å². The number of amides is 1. The first-order valence-electron chi connectivity index (χ1n) is 11.0. The molecule has 0 bridgehead atoms. The van der Waals surface area contributed by atoms with Crippen molar-refractivity contribution in [3.05, 3.63) is 65.5 Å². The lowest BCUT2D eigenvalue weighted by Crippen LogP contribution is -2.36. The van der Waals surface area contributed by atoms with Gasteiger partial charge in [0.15, 0.2) is 0 Å². The van der Waals surface area contributed by atoms with Crippen LogP contribution in [0.1, 0.15) is 43.9 Å². The number of nitrogens with zero attached hydrogens (tertiary/aromatic N) is 2. The van der Waals surface area contributed by atoms with E-state index < -0.39 is 17.7 Å². The third kappa shape index (κ3) is 4.53. The Morgan fingerprint density at radius 2 is 2.12 bits per heavy atom. The van der Waals surface area contributed by atoms with E-state index in [-0.39, 0.29) is 17.4 Å². The lowest BCUT2D eigenvalue weighted by molar-refractivity contribution is -0.140. The van der Waals surface area contributed by atoms with Crippen LogP contribution >= 0.6 is 0 Å². The van der Waals surface area contributed by atoms with Gasteiger partial charge in [-0.05, 0) is 42.5 Å². The van der Waals surface area contributed by atoms with Crippen molar-refractivity contribution in [2.24, 2.45) is 5.92 Å². The second kappa shape index (κ2) is 9.53. The van der Waals surface area contributed by atoms with Crippen molar-refractivity contribution in [2.45, 2.75) is 38.8 Å². The largest absolute Gasteiger partial charge is 0.507 e. The second-order valence-electron chi connectivity index (χ2n) is 8.61. The van der Waals surface area contributed by atoms with Gasteiger partial charge in [-0.3, -0.25) is 14.6 Å². The van der Waals surface area contributed by atoms with Crippen LogP contribution in [0.25, 0.3) is 5.76 Å². The molecule has 4 rings (SSSR count). The van der Waals surface area contributed by atoms with Gasteiger partial charge in [-0.2, -0.15) is 0 Å². The number of aliphatic hydroxyl groups excluding tert-OH is 1. The molecule has 2 aromatic rings. The molecule has 32 heavy (non-hydrogen) atoms. The molecule has 3 heterocycles. The fraction of sp³-hybridized carbons (Fsp3) is 0.400. The number of rotatable bonds is 7. The molecular weight excluding hydrogens is 408 g/mol. The zero-order chi connectivity index (χ0) is 22.7. The zero-order valence-electron chi connectivity index (χ0n) is 18.4. The number of ketones is 1. The molecule has 168 valence electrons. The summed E-state index contributed by atoms with van der Waals surface area (Å²) in [4.78, 5) is 31.7. The monoisotopic (exact) mass is 436 g/mol. The van der Waals surface area contributed by atoms with Gasteiger partial charge in [0.2, 0.25) is 0 Å². The molecule has 0 saturated carbocycles. The van der Waals surface area contributed by atoms with Crippen molar-refractivity contribution in [2.75, 3.05) is 19.8 Å². The number of hydrogen-bond acceptors (Lipinski definition) is 6. The van der Waals surface area contributed by atoms with Crippen molar-refractivity contribution < 1.29 is 24.2 Å². The average Bonchev–Trinajstić information content (AvgIpc) is 3.40. The summed E-state index contributed by atoms with van der Waals surface area (Å²) in [5.41, 5.74) is 1.15. The molecule has 2 saturated heterocycles. The van der Waals surface area contributed by atoms with E-state index in [1.807, 2.05) is 19.9 Å². The summed E-state index contributed by atoms with van der Waals surface area (Å²) >= 11 is 0. The minimum Gasteiger partial charge on any atom is -0.507 e. The number of carbonyl (C=O) groups excluding carboxylic acids is 2. The maximum atomic E-state index is 13.1. The van der Waals surface area contributed by atoms with Crippen LogP contribution in [-0.2, 0) is 14.3 Å². The molecule has 1 amide bonds. The predicted molar refractivity (Wildman–Crippen MR) is 119 cm³/mol. The molecule has 2 aliphatic rings. The van der Waals surface area contributed by atoms with Gasteiger partial charge in [0.1, 0.15) is 11.5 Å². The third-order valence-corrected chi connectivity index (χ3v) is 5.66. The summed E-state index contributed by atoms with van der Waals surface area (Å²) < 4.78 is 11.5. The number of Topliss-reactive ketones (excluding diaryl/α,β-unsaturated/α-hetero) is 1. The minimum atomic E-state index is -0.729. The molecule has 0 aliphatic carbocycles. The fourth-order valence-corrected chi connectivity index (χ4v) is 4.11. The van der Waals surface area contributed by atoms with Crippen molar-refractivity contribution >= 4 is 17.4 Å². The maximum absolute atomic E-state index is 13.1. The number of aliphatic hydroxyl groups is 1. The lowest BCUT2D eigenvalue weighted by Gasteiger charge is -2.27. The van der Waals surface area contributed by atoms with Gasteiger partial charge in [-0.15, -0.1) is 0 Å². The molecule has 0 spiro atoms. The molecule has 7 heteroatoms. The fourth-order valence-electron chi connectivity index (χ4n) is 4.11. The number of aromatic nitrogens is 1. The van der Waals surface area contributed by atoms with E-state index in [1.165, 1.54) is 4.90 Å². The molecule has 2 aliphatic heterocycles. The highest BCUT2D eigenvalue weighted by Crippen LogP contribution is 2.40. The highest BCUT2D eigenvalue weighted by atomic mass is 16.5. The first-order valence-corrected chi connectivity index (χ1v) is 11.0. The Labute approximate surface area is 187 Å². The number of likely N-dealkylation sites (tertiary alicyclic amines) is 1. The number of ether oxygens (including phenoxy) is 2. The maximum Gasteiger partial charge on any atom is 0.295 e. The number of carbonyl (C=O) groups is 2. The average molecular weight is 437 g/mol. The molecule has 1 N–H and O–H groups in total. The second-order valence-corrected chi connectivity index (χ2v) is 8.61. The number of pyridine rings is 1. The van der Waals surface area contributed by atoms with E-state index >= 15 is 0 Å². The first-order chi connectivity index (χ1) is 15.5.